The van der Waals surface area contributed by atoms with Gasteiger partial charge in [-0.25, -0.2) is 0 Å². The third-order valence-electron chi connectivity index (χ3n) is 6.22. The van der Waals surface area contributed by atoms with Crippen molar-refractivity contribution in [2.24, 2.45) is 0 Å². The van der Waals surface area contributed by atoms with Crippen LogP contribution in [0.2, 0.25) is 5.02 Å². The second kappa shape index (κ2) is 9.38. The summed E-state index contributed by atoms with van der Waals surface area (Å²) in [6, 6.07) is 14.0. The molecule has 5 nitrogen and oxygen atoms in total. The Morgan fingerprint density at radius 1 is 1.03 bits per heavy atom. The molecule has 6 heteroatoms. The topological polar surface area (TPSA) is 36.0 Å². The Balaban J connectivity index is 1.30. The first kappa shape index (κ1) is 21.2. The van der Waals surface area contributed by atoms with Crippen molar-refractivity contribution in [3.63, 3.8) is 0 Å². The molecule has 4 rings (SSSR count). The molecule has 2 aliphatic heterocycles. The van der Waals surface area contributed by atoms with Crippen molar-refractivity contribution in [1.29, 1.82) is 0 Å². The fourth-order valence-electron chi connectivity index (χ4n) is 4.22. The van der Waals surface area contributed by atoms with Crippen molar-refractivity contribution in [2.45, 2.75) is 20.0 Å². The van der Waals surface area contributed by atoms with Crippen LogP contribution in [0.1, 0.15) is 21.5 Å². The highest BCUT2D eigenvalue weighted by Crippen LogP contribution is 2.22. The number of nitrogens with zero attached hydrogens (tertiary/aromatic N) is 3. The maximum Gasteiger partial charge on any atom is 0.255 e. The van der Waals surface area contributed by atoms with Crippen molar-refractivity contribution in [3.05, 3.63) is 64.2 Å². The van der Waals surface area contributed by atoms with E-state index in [4.69, 9.17) is 16.3 Å². The lowest BCUT2D eigenvalue weighted by atomic mass is 10.1. The van der Waals surface area contributed by atoms with E-state index in [1.54, 1.807) is 12.1 Å². The van der Waals surface area contributed by atoms with Gasteiger partial charge in [0, 0.05) is 51.5 Å². The van der Waals surface area contributed by atoms with Gasteiger partial charge in [0.25, 0.3) is 5.91 Å². The lowest BCUT2D eigenvalue weighted by Gasteiger charge is -2.40. The summed E-state index contributed by atoms with van der Waals surface area (Å²) in [6.45, 7) is 11.0. The quantitative estimate of drug-likeness (QED) is 0.746. The predicted molar refractivity (Wildman–Crippen MR) is 122 cm³/mol. The number of morpholine rings is 1. The van der Waals surface area contributed by atoms with Crippen LogP contribution in [0.15, 0.2) is 42.5 Å². The first-order chi connectivity index (χ1) is 14.5. The minimum absolute atomic E-state index is 0.00606. The van der Waals surface area contributed by atoms with E-state index in [-0.39, 0.29) is 12.0 Å². The smallest absolute Gasteiger partial charge is 0.255 e. The number of carbonyl (C=O) groups excluding carboxylic acids is 1. The van der Waals surface area contributed by atoms with E-state index >= 15 is 0 Å². The molecule has 2 aromatic carbocycles. The molecule has 0 saturated carbocycles. The van der Waals surface area contributed by atoms with Gasteiger partial charge in [-0.15, -0.1) is 0 Å². The van der Waals surface area contributed by atoms with Gasteiger partial charge < -0.3 is 14.5 Å². The van der Waals surface area contributed by atoms with Gasteiger partial charge >= 0.3 is 0 Å². The number of rotatable bonds is 4. The number of benzene rings is 2. The number of halogens is 1. The van der Waals surface area contributed by atoms with Gasteiger partial charge in [0.1, 0.15) is 0 Å². The molecule has 2 saturated heterocycles. The van der Waals surface area contributed by atoms with E-state index in [2.05, 4.69) is 41.8 Å². The highest BCUT2D eigenvalue weighted by Gasteiger charge is 2.28. The molecule has 160 valence electrons. The summed E-state index contributed by atoms with van der Waals surface area (Å²) in [5.41, 5.74) is 4.56. The Labute approximate surface area is 184 Å². The zero-order valence-corrected chi connectivity index (χ0v) is 18.6. The third kappa shape index (κ3) is 4.80. The zero-order chi connectivity index (χ0) is 21.1. The largest absolute Gasteiger partial charge is 0.373 e. The SMILES string of the molecule is Cc1ccc(N2CCN(CC3CN(C(=O)c4ccccc4Cl)CCO3)CC2)cc1C. The molecule has 2 aliphatic rings. The van der Waals surface area contributed by atoms with E-state index in [1.807, 2.05) is 17.0 Å². The van der Waals surface area contributed by atoms with Gasteiger partial charge in [-0.3, -0.25) is 9.69 Å². The van der Waals surface area contributed by atoms with Crippen LogP contribution < -0.4 is 4.90 Å². The lowest BCUT2D eigenvalue weighted by Crippen LogP contribution is -2.53. The summed E-state index contributed by atoms with van der Waals surface area (Å²) in [7, 11) is 0. The van der Waals surface area contributed by atoms with Gasteiger partial charge in [-0.05, 0) is 49.2 Å². The van der Waals surface area contributed by atoms with Gasteiger partial charge in [0.15, 0.2) is 0 Å². The van der Waals surface area contributed by atoms with Crippen molar-refractivity contribution in [3.8, 4) is 0 Å². The molecule has 1 atom stereocenters. The summed E-state index contributed by atoms with van der Waals surface area (Å²) in [5, 5.41) is 0.507. The summed E-state index contributed by atoms with van der Waals surface area (Å²) < 4.78 is 5.99. The number of ether oxygens (including phenoxy) is 1. The summed E-state index contributed by atoms with van der Waals surface area (Å²) >= 11 is 6.22. The Kier molecular flexibility index (Phi) is 6.61. The first-order valence-corrected chi connectivity index (χ1v) is 11.1. The number of hydrogen-bond acceptors (Lipinski definition) is 4. The Hall–Kier alpha value is -2.08. The van der Waals surface area contributed by atoms with E-state index in [0.717, 1.165) is 32.7 Å². The number of carbonyl (C=O) groups is 1. The molecule has 30 heavy (non-hydrogen) atoms. The molecule has 1 unspecified atom stereocenters. The van der Waals surface area contributed by atoms with Gasteiger partial charge in [0.2, 0.25) is 0 Å². The standard InChI is InChI=1S/C24H30ClN3O2/c1-18-7-8-20(15-19(18)2)27-11-9-26(10-12-27)16-21-17-28(13-14-30-21)24(29)22-5-3-4-6-23(22)25/h3-8,15,21H,9-14,16-17H2,1-2H3. The minimum atomic E-state index is -0.00606. The van der Waals surface area contributed by atoms with Crippen molar-refractivity contribution in [1.82, 2.24) is 9.80 Å². The van der Waals surface area contributed by atoms with Gasteiger partial charge in [-0.1, -0.05) is 29.8 Å². The molecular weight excluding hydrogens is 398 g/mol. The summed E-state index contributed by atoms with van der Waals surface area (Å²) in [4.78, 5) is 19.7. The average Bonchev–Trinajstić information content (AvgIpc) is 2.76. The van der Waals surface area contributed by atoms with Crippen LogP contribution in [0.25, 0.3) is 0 Å². The first-order valence-electron chi connectivity index (χ1n) is 10.7. The third-order valence-corrected chi connectivity index (χ3v) is 6.55. The molecule has 0 aromatic heterocycles. The lowest BCUT2D eigenvalue weighted by molar-refractivity contribution is -0.0363. The Morgan fingerprint density at radius 3 is 2.53 bits per heavy atom. The van der Waals surface area contributed by atoms with E-state index < -0.39 is 0 Å². The number of hydrogen-bond donors (Lipinski definition) is 0. The molecule has 1 amide bonds. The second-order valence-corrected chi connectivity index (χ2v) is 8.69. The minimum Gasteiger partial charge on any atom is -0.373 e. The van der Waals surface area contributed by atoms with Crippen LogP contribution in [0, 0.1) is 13.8 Å². The van der Waals surface area contributed by atoms with Crippen LogP contribution in [0.5, 0.6) is 0 Å². The zero-order valence-electron chi connectivity index (χ0n) is 17.8. The molecule has 0 radical (unpaired) electrons. The van der Waals surface area contributed by atoms with E-state index in [1.165, 1.54) is 16.8 Å². The van der Waals surface area contributed by atoms with E-state index in [0.29, 0.717) is 30.3 Å². The van der Waals surface area contributed by atoms with Crippen LogP contribution >= 0.6 is 11.6 Å². The normalized spacial score (nSPS) is 20.4. The number of anilines is 1. The Morgan fingerprint density at radius 2 is 1.80 bits per heavy atom. The van der Waals surface area contributed by atoms with E-state index in [9.17, 15) is 4.79 Å². The molecule has 0 N–H and O–H groups in total. The monoisotopic (exact) mass is 427 g/mol. The number of amides is 1. The number of aryl methyl sites for hydroxylation is 2. The number of piperazine rings is 1. The molecule has 0 bridgehead atoms. The van der Waals surface area contributed by atoms with Crippen LogP contribution in [0.4, 0.5) is 5.69 Å². The van der Waals surface area contributed by atoms with Crippen LogP contribution in [0.3, 0.4) is 0 Å². The molecular formula is C24H30ClN3O2. The summed E-state index contributed by atoms with van der Waals surface area (Å²) in [6.07, 6.45) is 0.0401. The Bertz CT molecular complexity index is 896. The van der Waals surface area contributed by atoms with Gasteiger partial charge in [-0.2, -0.15) is 0 Å². The highest BCUT2D eigenvalue weighted by molar-refractivity contribution is 6.33. The molecule has 2 fully saturated rings. The molecule has 2 aromatic rings. The molecule has 0 spiro atoms. The average molecular weight is 428 g/mol. The van der Waals surface area contributed by atoms with Crippen molar-refractivity contribution in [2.75, 3.05) is 57.3 Å². The molecule has 0 aliphatic carbocycles. The fourth-order valence-corrected chi connectivity index (χ4v) is 4.43. The fraction of sp³-hybridized carbons (Fsp3) is 0.458. The second-order valence-electron chi connectivity index (χ2n) is 8.28. The van der Waals surface area contributed by atoms with Crippen LogP contribution in [-0.2, 0) is 4.74 Å². The van der Waals surface area contributed by atoms with Crippen LogP contribution in [-0.4, -0.2) is 74.2 Å². The molecule has 2 heterocycles. The van der Waals surface area contributed by atoms with Gasteiger partial charge in [0.05, 0.1) is 23.3 Å². The summed E-state index contributed by atoms with van der Waals surface area (Å²) in [5.74, 6) is -0.00606. The highest BCUT2D eigenvalue weighted by atomic mass is 35.5. The maximum absolute atomic E-state index is 12.9. The van der Waals surface area contributed by atoms with Crippen molar-refractivity contribution < 1.29 is 9.53 Å². The van der Waals surface area contributed by atoms with Crippen molar-refractivity contribution >= 4 is 23.2 Å². The maximum atomic E-state index is 12.9. The predicted octanol–water partition coefficient (Wildman–Crippen LogP) is 3.62.